The highest BCUT2D eigenvalue weighted by atomic mass is 19.1. The molecule has 0 aromatic heterocycles. The Labute approximate surface area is 175 Å². The first-order valence-electron chi connectivity index (χ1n) is 10.00. The van der Waals surface area contributed by atoms with Crippen molar-refractivity contribution in [3.8, 4) is 0 Å². The molecule has 0 radical (unpaired) electrons. The van der Waals surface area contributed by atoms with Crippen LogP contribution >= 0.6 is 0 Å². The van der Waals surface area contributed by atoms with E-state index in [1.807, 2.05) is 13.8 Å². The Morgan fingerprint density at radius 3 is 2.33 bits per heavy atom. The van der Waals surface area contributed by atoms with Crippen molar-refractivity contribution in [1.29, 1.82) is 0 Å². The van der Waals surface area contributed by atoms with Crippen molar-refractivity contribution in [1.82, 2.24) is 0 Å². The molecule has 30 heavy (non-hydrogen) atoms. The quantitative estimate of drug-likeness (QED) is 0.751. The zero-order valence-electron chi connectivity index (χ0n) is 17.4. The molecule has 2 N–H and O–H groups in total. The zero-order valence-corrected chi connectivity index (χ0v) is 17.4. The summed E-state index contributed by atoms with van der Waals surface area (Å²) in [7, 11) is 0. The lowest BCUT2D eigenvalue weighted by atomic mass is 10.1. The Kier molecular flexibility index (Phi) is 6.50. The van der Waals surface area contributed by atoms with Gasteiger partial charge in [0, 0.05) is 30.8 Å². The van der Waals surface area contributed by atoms with Crippen LogP contribution < -0.4 is 15.5 Å². The molecule has 0 bridgehead atoms. The summed E-state index contributed by atoms with van der Waals surface area (Å²) in [4.78, 5) is 38.1. The predicted molar refractivity (Wildman–Crippen MR) is 115 cm³/mol. The van der Waals surface area contributed by atoms with Crippen molar-refractivity contribution in [2.24, 2.45) is 11.8 Å². The lowest BCUT2D eigenvalue weighted by Gasteiger charge is -2.18. The van der Waals surface area contributed by atoms with Crippen LogP contribution in [0.3, 0.4) is 0 Å². The van der Waals surface area contributed by atoms with Crippen LogP contribution in [0.4, 0.5) is 21.5 Å². The van der Waals surface area contributed by atoms with Crippen LogP contribution in [0, 0.1) is 24.6 Å². The summed E-state index contributed by atoms with van der Waals surface area (Å²) in [5, 5.41) is 5.60. The highest BCUT2D eigenvalue weighted by Gasteiger charge is 2.36. The second kappa shape index (κ2) is 9.07. The molecule has 158 valence electrons. The number of anilines is 3. The number of benzene rings is 2. The summed E-state index contributed by atoms with van der Waals surface area (Å²) < 4.78 is 14.2. The topological polar surface area (TPSA) is 78.5 Å². The second-order valence-electron chi connectivity index (χ2n) is 8.07. The van der Waals surface area contributed by atoms with Gasteiger partial charge in [-0.25, -0.2) is 4.39 Å². The molecule has 6 nitrogen and oxygen atoms in total. The molecule has 1 atom stereocenters. The summed E-state index contributed by atoms with van der Waals surface area (Å²) in [6.45, 7) is 5.85. The van der Waals surface area contributed by atoms with E-state index >= 15 is 0 Å². The third kappa shape index (κ3) is 5.23. The number of nitrogens with zero attached hydrogens (tertiary/aromatic N) is 1. The fourth-order valence-corrected chi connectivity index (χ4v) is 3.41. The van der Waals surface area contributed by atoms with Gasteiger partial charge in [-0.05, 0) is 54.8 Å². The lowest BCUT2D eigenvalue weighted by Crippen LogP contribution is -2.28. The monoisotopic (exact) mass is 411 g/mol. The van der Waals surface area contributed by atoms with Gasteiger partial charge in [0.15, 0.2) is 0 Å². The maximum atomic E-state index is 14.2. The van der Waals surface area contributed by atoms with Gasteiger partial charge in [-0.15, -0.1) is 0 Å². The van der Waals surface area contributed by atoms with E-state index < -0.39 is 11.7 Å². The number of halogens is 1. The average molecular weight is 411 g/mol. The van der Waals surface area contributed by atoms with E-state index in [1.54, 1.807) is 43.3 Å². The van der Waals surface area contributed by atoms with E-state index in [0.717, 1.165) is 5.56 Å². The van der Waals surface area contributed by atoms with Gasteiger partial charge in [-0.1, -0.05) is 19.9 Å². The van der Waals surface area contributed by atoms with Gasteiger partial charge >= 0.3 is 0 Å². The fourth-order valence-electron chi connectivity index (χ4n) is 3.41. The normalized spacial score (nSPS) is 16.1. The van der Waals surface area contributed by atoms with E-state index in [4.69, 9.17) is 0 Å². The molecule has 0 spiro atoms. The minimum atomic E-state index is -0.566. The van der Waals surface area contributed by atoms with Crippen LogP contribution in [0.5, 0.6) is 0 Å². The Morgan fingerprint density at radius 2 is 1.73 bits per heavy atom. The molecule has 1 unspecified atom stereocenters. The Balaban J connectivity index is 1.60. The Hall–Kier alpha value is -3.22. The Morgan fingerprint density at radius 1 is 1.10 bits per heavy atom. The number of hydrogen-bond donors (Lipinski definition) is 2. The molecule has 2 aromatic rings. The molecule has 1 saturated heterocycles. The van der Waals surface area contributed by atoms with Crippen LogP contribution in [0.15, 0.2) is 42.5 Å². The number of hydrogen-bond acceptors (Lipinski definition) is 3. The lowest BCUT2D eigenvalue weighted by molar-refractivity contribution is -0.122. The van der Waals surface area contributed by atoms with Crippen LogP contribution in [0.25, 0.3) is 0 Å². The third-order valence-corrected chi connectivity index (χ3v) is 4.92. The third-order valence-electron chi connectivity index (χ3n) is 4.92. The average Bonchev–Trinajstić information content (AvgIpc) is 3.04. The van der Waals surface area contributed by atoms with Crippen molar-refractivity contribution in [3.05, 3.63) is 53.8 Å². The van der Waals surface area contributed by atoms with Gasteiger partial charge in [-0.3, -0.25) is 14.4 Å². The molecule has 2 aromatic carbocycles. The first kappa shape index (κ1) is 21.5. The Bertz CT molecular complexity index is 957. The number of carbonyl (C=O) groups is 3. The second-order valence-corrected chi connectivity index (χ2v) is 8.07. The van der Waals surface area contributed by atoms with E-state index in [9.17, 15) is 18.8 Å². The summed E-state index contributed by atoms with van der Waals surface area (Å²) in [6, 6.07) is 11.5. The maximum absolute atomic E-state index is 14.2. The smallest absolute Gasteiger partial charge is 0.229 e. The molecule has 7 heteroatoms. The zero-order chi connectivity index (χ0) is 21.8. The first-order valence-corrected chi connectivity index (χ1v) is 10.00. The summed E-state index contributed by atoms with van der Waals surface area (Å²) in [6.07, 6.45) is 0.467. The van der Waals surface area contributed by atoms with Crippen molar-refractivity contribution in [3.63, 3.8) is 0 Å². The van der Waals surface area contributed by atoms with Gasteiger partial charge in [0.05, 0.1) is 11.6 Å². The maximum Gasteiger partial charge on any atom is 0.229 e. The van der Waals surface area contributed by atoms with Gasteiger partial charge in [0.25, 0.3) is 0 Å². The van der Waals surface area contributed by atoms with Crippen LogP contribution in [-0.4, -0.2) is 24.3 Å². The van der Waals surface area contributed by atoms with Crippen molar-refractivity contribution < 1.29 is 18.8 Å². The van der Waals surface area contributed by atoms with Crippen molar-refractivity contribution in [2.45, 2.75) is 33.6 Å². The van der Waals surface area contributed by atoms with E-state index in [1.165, 1.54) is 11.0 Å². The van der Waals surface area contributed by atoms with E-state index in [2.05, 4.69) is 10.6 Å². The number of nitrogens with one attached hydrogen (secondary N) is 2. The first-order chi connectivity index (χ1) is 14.2. The highest BCUT2D eigenvalue weighted by molar-refractivity contribution is 6.03. The molecule has 1 aliphatic heterocycles. The highest BCUT2D eigenvalue weighted by Crippen LogP contribution is 2.29. The number of aryl methyl sites for hydroxylation is 1. The fraction of sp³-hybridized carbons (Fsp3) is 0.348. The summed E-state index contributed by atoms with van der Waals surface area (Å²) >= 11 is 0. The number of carbonyl (C=O) groups excluding carboxylic acids is 3. The molecule has 1 aliphatic rings. The van der Waals surface area contributed by atoms with Crippen LogP contribution in [0.1, 0.15) is 32.3 Å². The van der Waals surface area contributed by atoms with Crippen molar-refractivity contribution >= 4 is 34.8 Å². The largest absolute Gasteiger partial charge is 0.326 e. The van der Waals surface area contributed by atoms with Gasteiger partial charge in [0.1, 0.15) is 5.82 Å². The predicted octanol–water partition coefficient (Wildman–Crippen LogP) is 4.11. The molecule has 1 fully saturated rings. The standard InChI is InChI=1S/C23H26FN3O3/c1-14(2)10-21(28)25-17-5-7-18(8-6-17)26-23(30)16-12-22(29)27(13-16)20-9-4-15(3)11-19(20)24/h4-9,11,14,16H,10,12-13H2,1-3H3,(H,25,28)(H,26,30). The number of amides is 3. The van der Waals surface area contributed by atoms with Crippen LogP contribution in [0.2, 0.25) is 0 Å². The molecule has 1 heterocycles. The van der Waals surface area contributed by atoms with E-state index in [-0.39, 0.29) is 42.3 Å². The summed E-state index contributed by atoms with van der Waals surface area (Å²) in [5.74, 6) is -1.40. The molecule has 3 amide bonds. The van der Waals surface area contributed by atoms with Crippen molar-refractivity contribution in [2.75, 3.05) is 22.1 Å². The van der Waals surface area contributed by atoms with Gasteiger partial charge in [-0.2, -0.15) is 0 Å². The molecular formula is C23H26FN3O3. The minimum Gasteiger partial charge on any atom is -0.326 e. The van der Waals surface area contributed by atoms with Gasteiger partial charge < -0.3 is 15.5 Å². The summed E-state index contributed by atoms with van der Waals surface area (Å²) in [5.41, 5.74) is 2.17. The molecule has 3 rings (SSSR count). The molecular weight excluding hydrogens is 385 g/mol. The molecule has 0 aliphatic carbocycles. The molecule has 0 saturated carbocycles. The van der Waals surface area contributed by atoms with Gasteiger partial charge in [0.2, 0.25) is 17.7 Å². The van der Waals surface area contributed by atoms with Crippen LogP contribution in [-0.2, 0) is 14.4 Å². The van der Waals surface area contributed by atoms with E-state index in [0.29, 0.717) is 17.8 Å². The SMILES string of the molecule is Cc1ccc(N2CC(C(=O)Nc3ccc(NC(=O)CC(C)C)cc3)CC2=O)c(F)c1. The number of rotatable bonds is 6. The minimum absolute atomic E-state index is 0.0303.